The number of allylic oxidation sites excluding steroid dienone is 3. The maximum atomic E-state index is 17.3. The predicted octanol–water partition coefficient (Wildman–Crippen LogP) is 24.6. The van der Waals surface area contributed by atoms with Crippen molar-refractivity contribution in [2.75, 3.05) is 113 Å². The van der Waals surface area contributed by atoms with Crippen LogP contribution in [0.15, 0.2) is 193 Å². The average molecular weight is 1830 g/mol. The molecule has 0 amide bonds. The number of phosphoric acid groups is 1. The number of benzene rings is 9. The second-order valence-corrected chi connectivity index (χ2v) is 46.4. The van der Waals surface area contributed by atoms with Gasteiger partial charge in [-0.3, -0.25) is 42.3 Å². The number of halogens is 6. The first-order valence-electron chi connectivity index (χ1n) is 44.5. The maximum Gasteiger partial charge on any atom is 0.647 e. The van der Waals surface area contributed by atoms with Gasteiger partial charge in [0.2, 0.25) is 17.3 Å². The molecule has 9 aromatic carbocycles. The first-order chi connectivity index (χ1) is 61.7. The molecule has 0 unspecified atom stereocenters. The van der Waals surface area contributed by atoms with Gasteiger partial charge in [-0.2, -0.15) is 34.6 Å². The Hall–Kier alpha value is -9.85. The van der Waals surface area contributed by atoms with Crippen LogP contribution in [-0.4, -0.2) is 164 Å². The number of hydrogen-bond donors (Lipinski definition) is 0. The third-order valence-corrected chi connectivity index (χ3v) is 39.8. The van der Waals surface area contributed by atoms with Crippen molar-refractivity contribution in [1.82, 2.24) is 14.7 Å². The molecule has 0 radical (unpaired) electrons. The number of carbonyl (C=O) groups excluding carboxylic acids is 3. The predicted molar refractivity (Wildman–Crippen MR) is 500 cm³/mol. The van der Waals surface area contributed by atoms with Crippen molar-refractivity contribution in [2.24, 2.45) is 0 Å². The average Bonchev–Trinajstić information content (AvgIpc) is 1.57. The molecular formula is C102H114F6N3O13PS3. The van der Waals surface area contributed by atoms with Crippen LogP contribution in [0.5, 0.6) is 51.7 Å². The molecule has 6 aliphatic rings. The number of ether oxygens (including phenoxy) is 6. The second-order valence-electron chi connectivity index (χ2n) is 33.6. The molecule has 0 aromatic heterocycles. The van der Waals surface area contributed by atoms with E-state index in [9.17, 15) is 13.2 Å². The third-order valence-electron chi connectivity index (χ3n) is 25.6. The fraction of sp³-hybridized carbons (Fsp3) is 0.382. The van der Waals surface area contributed by atoms with Crippen molar-refractivity contribution in [3.8, 4) is 51.7 Å². The van der Waals surface area contributed by atoms with Gasteiger partial charge < -0.3 is 42.0 Å². The van der Waals surface area contributed by atoms with Crippen LogP contribution in [0.3, 0.4) is 0 Å². The Bertz CT molecular complexity index is 5210. The number of alkyl halides is 3. The normalized spacial score (nSPS) is 18.9. The molecule has 0 spiro atoms. The van der Waals surface area contributed by atoms with E-state index < -0.39 is 55.4 Å². The minimum atomic E-state index is -5.22. The van der Waals surface area contributed by atoms with Crippen LogP contribution < -0.4 is 42.0 Å². The molecule has 6 heterocycles. The van der Waals surface area contributed by atoms with E-state index in [1.165, 1.54) is 36.4 Å². The molecule has 3 saturated heterocycles. The van der Waals surface area contributed by atoms with Gasteiger partial charge in [-0.15, -0.1) is 0 Å². The summed E-state index contributed by atoms with van der Waals surface area (Å²) in [5, 5.41) is 0. The first-order valence-corrected chi connectivity index (χ1v) is 51.9. The Labute approximate surface area is 752 Å². The SMILES string of the molecule is CCS1(CC)C(C(=O)c2c(C)cc(F)cc2C)=C(Oc2ccc(O[C@H]3CCN(CCCF)C3)cc2)c2ccc(OP(=O)(Oc3ccc4c(c3)S(CC)(CC)C(C(=O)c3c(C)cc(F)cc3C)=C4Oc3ccc(O[C@H]4CCN(CCCF)C4)cc3)Oc3ccc4c(c3)S(CC)(CC)C(C(=O)c3c(C)cc(F)cc3C)=C4Oc3ccc(O[C@H]4CCN(CCCF)C4)cc3)cc21. The summed E-state index contributed by atoms with van der Waals surface area (Å²) in [4.78, 5) is 57.9. The number of likely N-dealkylation sites (tertiary alicyclic amines) is 3. The summed E-state index contributed by atoms with van der Waals surface area (Å²) in [5.74, 6) is 3.90. The van der Waals surface area contributed by atoms with Gasteiger partial charge in [0.1, 0.15) is 87.5 Å². The quantitative estimate of drug-likeness (QED) is 0.0203. The lowest BCUT2D eigenvalue weighted by Gasteiger charge is -2.37. The lowest BCUT2D eigenvalue weighted by molar-refractivity contribution is 0.103. The van der Waals surface area contributed by atoms with Crippen molar-refractivity contribution < 1.29 is 87.3 Å². The Morgan fingerprint density at radius 3 is 0.797 bits per heavy atom. The van der Waals surface area contributed by atoms with Crippen LogP contribution in [0.2, 0.25) is 0 Å². The zero-order valence-electron chi connectivity index (χ0n) is 74.9. The molecule has 0 saturated carbocycles. The molecular weight excluding hydrogens is 1720 g/mol. The van der Waals surface area contributed by atoms with Gasteiger partial charge in [-0.1, -0.05) is 41.5 Å². The summed E-state index contributed by atoms with van der Waals surface area (Å²) in [6.45, 7) is 27.5. The Morgan fingerprint density at radius 1 is 0.344 bits per heavy atom. The third kappa shape index (κ3) is 18.7. The van der Waals surface area contributed by atoms with Gasteiger partial charge in [-0.25, -0.2) is 13.2 Å². The Morgan fingerprint density at radius 2 is 0.570 bits per heavy atom. The standard InChI is InChI=1S/C102H114F6N3O13PS3/c1-13-126(14-2)88-58-79(34-37-85(88)97(100(126)94(112)91-64(7)52-70(106)53-65(91)8)119-76-28-22-73(23-29-76)116-82-40-49-109(61-82)46-19-43-103)122-125(115,123-80-35-38-86-89(59-80)127(15-3,16-4)101(95(113)92-66(9)54-71(107)55-67(92)10)98(86)120-77-30-24-74(25-31-77)117-83-41-50-110(62-83)47-20-44-104)124-81-36-39-87-90(60-81)128(17-5,18-6)102(96(114)93-68(11)56-72(108)57-69(93)12)99(87)121-78-32-26-75(27-33-78)118-84-42-51-111(63-84)48-21-45-105/h22-39,52-60,82-84H,13-21,40-51,61-63H2,1-12H3/t82-,83-,84-/m0/s1. The van der Waals surface area contributed by atoms with Crippen molar-refractivity contribution >= 4 is 72.5 Å². The zero-order chi connectivity index (χ0) is 90.7. The zero-order valence-corrected chi connectivity index (χ0v) is 78.2. The molecule has 16 nitrogen and oxygen atoms in total. The number of aryl methyl sites for hydroxylation is 6. The molecule has 3 fully saturated rings. The smallest absolute Gasteiger partial charge is 0.489 e. The van der Waals surface area contributed by atoms with E-state index in [0.717, 1.165) is 38.9 Å². The van der Waals surface area contributed by atoms with Gasteiger partial charge in [0.15, 0.2) is 17.3 Å². The summed E-state index contributed by atoms with van der Waals surface area (Å²) in [5.41, 5.74) is 5.28. The highest BCUT2D eigenvalue weighted by atomic mass is 32.3. The van der Waals surface area contributed by atoms with Gasteiger partial charge in [0, 0.05) is 107 Å². The van der Waals surface area contributed by atoms with E-state index in [1.54, 1.807) is 133 Å². The molecule has 26 heteroatoms. The molecule has 9 aromatic rings. The number of carbonyl (C=O) groups is 3. The van der Waals surface area contributed by atoms with Crippen LogP contribution in [0.25, 0.3) is 17.3 Å². The van der Waals surface area contributed by atoms with Crippen LogP contribution in [0, 0.1) is 59.0 Å². The lowest BCUT2D eigenvalue weighted by Crippen LogP contribution is -2.26. The van der Waals surface area contributed by atoms with E-state index in [0.29, 0.717) is 224 Å². The van der Waals surface area contributed by atoms with Crippen LogP contribution in [0.4, 0.5) is 26.3 Å². The number of phosphoric ester groups is 1. The van der Waals surface area contributed by atoms with E-state index in [4.69, 9.17) is 42.0 Å². The molecule has 15 rings (SSSR count). The monoisotopic (exact) mass is 1830 g/mol. The van der Waals surface area contributed by atoms with Crippen molar-refractivity contribution in [3.05, 3.63) is 263 Å². The Balaban J connectivity index is 0.845. The number of rotatable bonds is 39. The maximum absolute atomic E-state index is 17.3. The highest BCUT2D eigenvalue weighted by molar-refractivity contribution is 8.38. The molecule has 0 N–H and O–H groups in total. The summed E-state index contributed by atoms with van der Waals surface area (Å²) < 4.78 is 165. The molecule has 680 valence electrons. The van der Waals surface area contributed by atoms with Crippen molar-refractivity contribution in [1.29, 1.82) is 0 Å². The van der Waals surface area contributed by atoms with Gasteiger partial charge >= 0.3 is 7.82 Å². The van der Waals surface area contributed by atoms with E-state index in [-0.39, 0.29) is 90.2 Å². The number of ketones is 3. The number of fused-ring (bicyclic) bond motifs is 3. The highest BCUT2D eigenvalue weighted by Crippen LogP contribution is 2.74. The number of nitrogens with zero attached hydrogens (tertiary/aromatic N) is 3. The highest BCUT2D eigenvalue weighted by Gasteiger charge is 2.50. The Kier molecular flexibility index (Phi) is 28.6. The molecule has 0 bridgehead atoms. The van der Waals surface area contributed by atoms with E-state index >= 15 is 32.1 Å². The van der Waals surface area contributed by atoms with Crippen molar-refractivity contribution in [3.63, 3.8) is 0 Å². The summed E-state index contributed by atoms with van der Waals surface area (Å²) in [6, 6.07) is 45.2. The van der Waals surface area contributed by atoms with E-state index in [1.807, 2.05) is 77.9 Å². The fourth-order valence-corrected chi connectivity index (χ4v) is 31.8. The minimum absolute atomic E-state index is 0.0206. The molecule has 0 aliphatic carbocycles. The van der Waals surface area contributed by atoms with Crippen LogP contribution >= 0.6 is 37.9 Å². The number of Topliss-reactive ketones (excluding diaryl/α,β-unsaturated/α-hetero) is 3. The summed E-state index contributed by atoms with van der Waals surface area (Å²) in [6.07, 6.45) is 3.38. The summed E-state index contributed by atoms with van der Waals surface area (Å²) in [7, 11) is -12.7. The fourth-order valence-electron chi connectivity index (χ4n) is 19.4. The first kappa shape index (κ1) is 92.9. The molecule has 6 aliphatic heterocycles. The van der Waals surface area contributed by atoms with Crippen molar-refractivity contribution in [2.45, 2.75) is 155 Å². The van der Waals surface area contributed by atoms with Crippen LogP contribution in [-0.2, 0) is 4.57 Å². The van der Waals surface area contributed by atoms with Gasteiger partial charge in [-0.05, 0) is 312 Å². The largest absolute Gasteiger partial charge is 0.647 e. The molecule has 128 heavy (non-hydrogen) atoms. The van der Waals surface area contributed by atoms with Crippen LogP contribution in [0.1, 0.15) is 161 Å². The van der Waals surface area contributed by atoms with Gasteiger partial charge in [0.05, 0.1) is 34.7 Å². The van der Waals surface area contributed by atoms with Gasteiger partial charge in [0.25, 0.3) is 0 Å². The molecule has 3 atom stereocenters. The minimum Gasteiger partial charge on any atom is -0.489 e. The second kappa shape index (κ2) is 39.5. The van der Waals surface area contributed by atoms with E-state index in [2.05, 4.69) is 14.7 Å². The lowest BCUT2D eigenvalue weighted by atomic mass is 9.97. The topological polar surface area (TPSA) is 161 Å². The summed E-state index contributed by atoms with van der Waals surface area (Å²) >= 11 is 0. The number of hydrogen-bond acceptors (Lipinski definition) is 16.